The second-order valence-corrected chi connectivity index (χ2v) is 9.61. The first-order valence-corrected chi connectivity index (χ1v) is 12.8. The van der Waals surface area contributed by atoms with Gasteiger partial charge in [-0.2, -0.15) is 0 Å². The van der Waals surface area contributed by atoms with Gasteiger partial charge in [-0.25, -0.2) is 4.90 Å². The van der Waals surface area contributed by atoms with Crippen LogP contribution in [0.1, 0.15) is 31.2 Å². The third-order valence-electron chi connectivity index (χ3n) is 7.24. The zero-order chi connectivity index (χ0) is 24.2. The number of para-hydroxylation sites is 1. The number of nitrogens with zero attached hydrogens (tertiary/aromatic N) is 4. The molecule has 1 saturated carbocycles. The van der Waals surface area contributed by atoms with Crippen LogP contribution in [0.3, 0.4) is 0 Å². The number of rotatable bonds is 9. The van der Waals surface area contributed by atoms with Gasteiger partial charge < -0.3 is 25.3 Å². The van der Waals surface area contributed by atoms with Crippen LogP contribution in [-0.4, -0.2) is 74.2 Å². The largest absolute Gasteiger partial charge is 0.495 e. The summed E-state index contributed by atoms with van der Waals surface area (Å²) in [6, 6.07) is 17.1. The summed E-state index contributed by atoms with van der Waals surface area (Å²) in [7, 11) is 3.36. The minimum atomic E-state index is 0. The second-order valence-electron chi connectivity index (χ2n) is 9.61. The molecule has 2 fully saturated rings. The van der Waals surface area contributed by atoms with Crippen LogP contribution in [-0.2, 0) is 6.42 Å². The Kier molecular flexibility index (Phi) is 8.51. The van der Waals surface area contributed by atoms with E-state index in [0.29, 0.717) is 11.8 Å². The highest BCUT2D eigenvalue weighted by atomic mass is 16.5. The first kappa shape index (κ1) is 26.0. The van der Waals surface area contributed by atoms with Crippen molar-refractivity contribution >= 4 is 28.5 Å². The molecule has 8 nitrogen and oxygen atoms in total. The summed E-state index contributed by atoms with van der Waals surface area (Å²) >= 11 is 0. The van der Waals surface area contributed by atoms with E-state index in [4.69, 9.17) is 14.9 Å². The summed E-state index contributed by atoms with van der Waals surface area (Å²) < 4.78 is 11.8. The molecular weight excluding hydrogens is 454 g/mol. The Morgan fingerprint density at radius 1 is 1.08 bits per heavy atom. The Morgan fingerprint density at radius 3 is 2.56 bits per heavy atom. The Labute approximate surface area is 213 Å². The number of aryl methyl sites for hydroxylation is 1. The van der Waals surface area contributed by atoms with E-state index in [0.717, 1.165) is 41.3 Å². The SMILES string of the molecule is CN=C(N)N(c1cc2ccccc2o1)c1cc(CCCCN2CCN(C3CC3)CC2)ccc1OC.O. The average Bonchev–Trinajstić information content (AvgIpc) is 3.66. The zero-order valence-corrected chi connectivity index (χ0v) is 21.4. The average molecular weight is 494 g/mol. The fourth-order valence-electron chi connectivity index (χ4n) is 5.06. The van der Waals surface area contributed by atoms with Crippen LogP contribution < -0.4 is 15.4 Å². The van der Waals surface area contributed by atoms with Crippen LogP contribution in [0.25, 0.3) is 11.0 Å². The molecule has 1 aliphatic heterocycles. The minimum Gasteiger partial charge on any atom is -0.495 e. The van der Waals surface area contributed by atoms with E-state index in [9.17, 15) is 0 Å². The first-order chi connectivity index (χ1) is 17.2. The number of furan rings is 1. The number of methoxy groups -OCH3 is 1. The van der Waals surface area contributed by atoms with Gasteiger partial charge in [0, 0.05) is 50.7 Å². The number of nitrogens with two attached hydrogens (primary N) is 1. The van der Waals surface area contributed by atoms with E-state index in [-0.39, 0.29) is 5.48 Å². The van der Waals surface area contributed by atoms with Crippen molar-refractivity contribution in [3.63, 3.8) is 0 Å². The van der Waals surface area contributed by atoms with Gasteiger partial charge in [0.05, 0.1) is 12.8 Å². The van der Waals surface area contributed by atoms with E-state index in [1.54, 1.807) is 14.2 Å². The normalized spacial score (nSPS) is 17.2. The summed E-state index contributed by atoms with van der Waals surface area (Å²) in [6.45, 7) is 6.09. The molecule has 0 amide bonds. The number of benzene rings is 2. The van der Waals surface area contributed by atoms with Crippen LogP contribution in [0, 0.1) is 0 Å². The number of hydrogen-bond acceptors (Lipinski definition) is 5. The number of guanidine groups is 1. The summed E-state index contributed by atoms with van der Waals surface area (Å²) in [6.07, 6.45) is 6.18. The molecule has 1 saturated heterocycles. The number of hydrogen-bond donors (Lipinski definition) is 1. The molecule has 2 aromatic carbocycles. The van der Waals surface area contributed by atoms with Crippen molar-refractivity contribution in [3.8, 4) is 5.75 Å². The van der Waals surface area contributed by atoms with E-state index in [1.165, 1.54) is 57.5 Å². The Balaban J connectivity index is 0.00000304. The topological polar surface area (TPSA) is 102 Å². The van der Waals surface area contributed by atoms with Crippen molar-refractivity contribution in [1.29, 1.82) is 0 Å². The summed E-state index contributed by atoms with van der Waals surface area (Å²) in [5.41, 5.74) is 9.26. The quantitative estimate of drug-likeness (QED) is 0.276. The van der Waals surface area contributed by atoms with Gasteiger partial charge in [0.2, 0.25) is 11.8 Å². The molecule has 0 radical (unpaired) electrons. The zero-order valence-electron chi connectivity index (χ0n) is 21.4. The summed E-state index contributed by atoms with van der Waals surface area (Å²) in [5.74, 6) is 1.70. The van der Waals surface area contributed by atoms with Crippen LogP contribution >= 0.6 is 0 Å². The third kappa shape index (κ3) is 5.83. The molecular formula is C28H39N5O3. The summed E-state index contributed by atoms with van der Waals surface area (Å²) in [5, 5.41) is 1.02. The van der Waals surface area contributed by atoms with E-state index >= 15 is 0 Å². The smallest absolute Gasteiger partial charge is 0.208 e. The first-order valence-electron chi connectivity index (χ1n) is 12.8. The van der Waals surface area contributed by atoms with Crippen LogP contribution in [0.2, 0.25) is 0 Å². The van der Waals surface area contributed by atoms with Crippen LogP contribution in [0.15, 0.2) is 57.9 Å². The predicted molar refractivity (Wildman–Crippen MR) is 146 cm³/mol. The number of anilines is 2. The second kappa shape index (κ2) is 11.8. The third-order valence-corrected chi connectivity index (χ3v) is 7.24. The molecule has 2 heterocycles. The highest BCUT2D eigenvalue weighted by Crippen LogP contribution is 2.37. The minimum absolute atomic E-state index is 0. The lowest BCUT2D eigenvalue weighted by Gasteiger charge is -2.34. The maximum atomic E-state index is 6.36. The summed E-state index contributed by atoms with van der Waals surface area (Å²) in [4.78, 5) is 11.4. The van der Waals surface area contributed by atoms with Crippen molar-refractivity contribution in [2.24, 2.45) is 10.7 Å². The van der Waals surface area contributed by atoms with Gasteiger partial charge in [0.15, 0.2) is 0 Å². The maximum absolute atomic E-state index is 6.36. The molecule has 8 heteroatoms. The van der Waals surface area contributed by atoms with Gasteiger partial charge in [-0.3, -0.25) is 9.89 Å². The van der Waals surface area contributed by atoms with Gasteiger partial charge in [0.25, 0.3) is 0 Å². The molecule has 194 valence electrons. The number of piperazine rings is 1. The van der Waals surface area contributed by atoms with Crippen LogP contribution in [0.5, 0.6) is 5.75 Å². The highest BCUT2D eigenvalue weighted by Gasteiger charge is 2.31. The van der Waals surface area contributed by atoms with Crippen molar-refractivity contribution in [2.75, 3.05) is 51.8 Å². The van der Waals surface area contributed by atoms with Crippen molar-refractivity contribution in [2.45, 2.75) is 38.1 Å². The number of ether oxygens (including phenoxy) is 1. The molecule has 4 N–H and O–H groups in total. The molecule has 36 heavy (non-hydrogen) atoms. The van der Waals surface area contributed by atoms with E-state index in [1.807, 2.05) is 41.3 Å². The number of unbranched alkanes of at least 4 members (excludes halogenated alkanes) is 1. The molecule has 1 aromatic heterocycles. The fourth-order valence-corrected chi connectivity index (χ4v) is 5.06. The standard InChI is InChI=1S/C28H37N5O2.H2O/c1-30-28(29)33(27-20-22-8-3-4-9-25(22)35-27)24-19-21(10-13-26(24)34-2)7-5-6-14-31-15-17-32(18-16-31)23-11-12-23;/h3-4,8-10,13,19-20,23H,5-7,11-12,14-18H2,1-2H3,(H2,29,30);1H2. The highest BCUT2D eigenvalue weighted by molar-refractivity contribution is 6.03. The number of aliphatic imine (C=N–C) groups is 1. The molecule has 1 aliphatic carbocycles. The van der Waals surface area contributed by atoms with Crippen LogP contribution in [0.4, 0.5) is 11.6 Å². The molecule has 3 aromatic rings. The Hall–Kier alpha value is -3.07. The molecule has 0 unspecified atom stereocenters. The predicted octanol–water partition coefficient (Wildman–Crippen LogP) is 3.80. The van der Waals surface area contributed by atoms with E-state index < -0.39 is 0 Å². The van der Waals surface area contributed by atoms with Crippen molar-refractivity contribution in [3.05, 3.63) is 54.1 Å². The van der Waals surface area contributed by atoms with Gasteiger partial charge >= 0.3 is 0 Å². The van der Waals surface area contributed by atoms with E-state index in [2.05, 4.69) is 26.9 Å². The Bertz CT molecular complexity index is 1130. The molecule has 0 bridgehead atoms. The maximum Gasteiger partial charge on any atom is 0.208 e. The van der Waals surface area contributed by atoms with Crippen molar-refractivity contribution in [1.82, 2.24) is 9.80 Å². The fraction of sp³-hybridized carbons (Fsp3) is 0.464. The van der Waals surface area contributed by atoms with Gasteiger partial charge in [-0.15, -0.1) is 0 Å². The van der Waals surface area contributed by atoms with Gasteiger partial charge in [0.1, 0.15) is 11.3 Å². The lowest BCUT2D eigenvalue weighted by molar-refractivity contribution is 0.125. The molecule has 0 atom stereocenters. The van der Waals surface area contributed by atoms with Crippen molar-refractivity contribution < 1.29 is 14.6 Å². The molecule has 0 spiro atoms. The number of fused-ring (bicyclic) bond motifs is 1. The monoisotopic (exact) mass is 493 g/mol. The lowest BCUT2D eigenvalue weighted by Crippen LogP contribution is -2.47. The molecule has 2 aliphatic rings. The molecule has 5 rings (SSSR count). The van der Waals surface area contributed by atoms with Gasteiger partial charge in [-0.1, -0.05) is 24.3 Å². The lowest BCUT2D eigenvalue weighted by atomic mass is 10.1. The Morgan fingerprint density at radius 2 is 1.86 bits per heavy atom. The van der Waals surface area contributed by atoms with Gasteiger partial charge in [-0.05, 0) is 62.4 Å².